The lowest BCUT2D eigenvalue weighted by atomic mass is 10.0. The Labute approximate surface area is 160 Å². The second-order valence-corrected chi connectivity index (χ2v) is 6.78. The highest BCUT2D eigenvalue weighted by Crippen LogP contribution is 2.26. The van der Waals surface area contributed by atoms with E-state index in [-0.39, 0.29) is 6.09 Å². The highest BCUT2D eigenvalue weighted by Gasteiger charge is 2.23. The number of carbonyl (C=O) groups excluding carboxylic acids is 1. The fraction of sp³-hybridized carbons (Fsp3) is 0.450. The quantitative estimate of drug-likeness (QED) is 0.868. The van der Waals surface area contributed by atoms with Crippen molar-refractivity contribution in [1.82, 2.24) is 14.9 Å². The summed E-state index contributed by atoms with van der Waals surface area (Å²) in [6, 6.07) is 10.1. The molecule has 0 radical (unpaired) electrons. The largest absolute Gasteiger partial charge is 0.450 e. The molecule has 0 aliphatic carbocycles. The van der Waals surface area contributed by atoms with Crippen LogP contribution in [0, 0.1) is 0 Å². The molecule has 1 aromatic heterocycles. The number of ether oxygens (including phenoxy) is 1. The van der Waals surface area contributed by atoms with E-state index in [1.165, 1.54) is 5.56 Å². The van der Waals surface area contributed by atoms with Crippen LogP contribution in [0.4, 0.5) is 22.2 Å². The molecule has 2 aromatic rings. The van der Waals surface area contributed by atoms with Crippen molar-refractivity contribution in [1.29, 1.82) is 0 Å². The molecule has 1 aliphatic rings. The van der Waals surface area contributed by atoms with E-state index in [4.69, 9.17) is 4.74 Å². The minimum atomic E-state index is -0.243. The van der Waals surface area contributed by atoms with Gasteiger partial charge in [-0.3, -0.25) is 0 Å². The summed E-state index contributed by atoms with van der Waals surface area (Å²) >= 11 is 0. The van der Waals surface area contributed by atoms with Crippen LogP contribution in [0.15, 0.2) is 36.5 Å². The van der Waals surface area contributed by atoms with Gasteiger partial charge in [0.1, 0.15) is 5.82 Å². The SMILES string of the molecule is CCOC(=O)N1CCN(c2ccnc(Nc3ccccc3C(C)C)n2)CC1. The summed E-state index contributed by atoms with van der Waals surface area (Å²) in [5, 5.41) is 3.34. The van der Waals surface area contributed by atoms with Crippen molar-refractivity contribution in [3.63, 3.8) is 0 Å². The molecule has 1 aliphatic heterocycles. The minimum absolute atomic E-state index is 0.243. The average molecular weight is 369 g/mol. The molecule has 1 aromatic carbocycles. The predicted octanol–water partition coefficient (Wildman–Crippen LogP) is 3.62. The van der Waals surface area contributed by atoms with Crippen LogP contribution >= 0.6 is 0 Å². The van der Waals surface area contributed by atoms with E-state index < -0.39 is 0 Å². The zero-order valence-corrected chi connectivity index (χ0v) is 16.2. The van der Waals surface area contributed by atoms with Crippen molar-refractivity contribution in [2.75, 3.05) is 43.0 Å². The summed E-state index contributed by atoms with van der Waals surface area (Å²) in [7, 11) is 0. The number of carbonyl (C=O) groups is 1. The maximum Gasteiger partial charge on any atom is 0.409 e. The van der Waals surface area contributed by atoms with Gasteiger partial charge in [-0.2, -0.15) is 4.98 Å². The Morgan fingerprint density at radius 1 is 1.19 bits per heavy atom. The summed E-state index contributed by atoms with van der Waals surface area (Å²) in [4.78, 5) is 24.8. The molecule has 0 saturated carbocycles. The zero-order chi connectivity index (χ0) is 19.2. The number of amides is 1. The van der Waals surface area contributed by atoms with Crippen molar-refractivity contribution in [3.05, 3.63) is 42.1 Å². The molecule has 1 amide bonds. The van der Waals surface area contributed by atoms with Gasteiger partial charge in [0.25, 0.3) is 0 Å². The lowest BCUT2D eigenvalue weighted by molar-refractivity contribution is 0.105. The van der Waals surface area contributed by atoms with Crippen molar-refractivity contribution < 1.29 is 9.53 Å². The van der Waals surface area contributed by atoms with Crippen LogP contribution < -0.4 is 10.2 Å². The molecule has 0 atom stereocenters. The molecule has 0 bridgehead atoms. The van der Waals surface area contributed by atoms with E-state index in [0.717, 1.165) is 24.6 Å². The van der Waals surface area contributed by atoms with E-state index >= 15 is 0 Å². The van der Waals surface area contributed by atoms with E-state index in [2.05, 4.69) is 40.1 Å². The summed E-state index contributed by atoms with van der Waals surface area (Å²) < 4.78 is 5.07. The number of piperazine rings is 1. The lowest BCUT2D eigenvalue weighted by Crippen LogP contribution is -2.49. The number of benzene rings is 1. The van der Waals surface area contributed by atoms with Gasteiger partial charge in [-0.1, -0.05) is 32.0 Å². The maximum atomic E-state index is 11.8. The summed E-state index contributed by atoms with van der Waals surface area (Å²) in [5.74, 6) is 1.85. The Morgan fingerprint density at radius 3 is 2.63 bits per heavy atom. The van der Waals surface area contributed by atoms with Crippen molar-refractivity contribution in [2.24, 2.45) is 0 Å². The van der Waals surface area contributed by atoms with E-state index in [0.29, 0.717) is 31.6 Å². The fourth-order valence-corrected chi connectivity index (χ4v) is 3.15. The third-order valence-corrected chi connectivity index (χ3v) is 4.60. The highest BCUT2D eigenvalue weighted by atomic mass is 16.6. The van der Waals surface area contributed by atoms with Gasteiger partial charge < -0.3 is 19.9 Å². The molecule has 1 fully saturated rings. The van der Waals surface area contributed by atoms with E-state index in [9.17, 15) is 4.79 Å². The topological polar surface area (TPSA) is 70.6 Å². The van der Waals surface area contributed by atoms with Crippen LogP contribution in [0.2, 0.25) is 0 Å². The monoisotopic (exact) mass is 369 g/mol. The molecule has 27 heavy (non-hydrogen) atoms. The van der Waals surface area contributed by atoms with E-state index in [1.54, 1.807) is 11.1 Å². The molecule has 0 spiro atoms. The third-order valence-electron chi connectivity index (χ3n) is 4.60. The number of nitrogens with zero attached hydrogens (tertiary/aromatic N) is 4. The molecule has 3 rings (SSSR count). The van der Waals surface area contributed by atoms with Gasteiger partial charge >= 0.3 is 6.09 Å². The van der Waals surface area contributed by atoms with Crippen LogP contribution in [0.1, 0.15) is 32.3 Å². The Bertz CT molecular complexity index is 772. The van der Waals surface area contributed by atoms with Gasteiger partial charge in [0.05, 0.1) is 6.61 Å². The number of aromatic nitrogens is 2. The van der Waals surface area contributed by atoms with Crippen molar-refractivity contribution >= 4 is 23.5 Å². The second-order valence-electron chi connectivity index (χ2n) is 6.78. The fourth-order valence-electron chi connectivity index (χ4n) is 3.15. The first kappa shape index (κ1) is 18.9. The van der Waals surface area contributed by atoms with Gasteiger partial charge in [-0.05, 0) is 30.5 Å². The highest BCUT2D eigenvalue weighted by molar-refractivity contribution is 5.68. The number of anilines is 3. The first-order valence-corrected chi connectivity index (χ1v) is 9.44. The van der Waals surface area contributed by atoms with E-state index in [1.807, 2.05) is 31.2 Å². The van der Waals surface area contributed by atoms with Crippen LogP contribution in [0.25, 0.3) is 0 Å². The smallest absolute Gasteiger partial charge is 0.409 e. The normalized spacial score (nSPS) is 14.4. The van der Waals surface area contributed by atoms with Crippen LogP contribution in [0.3, 0.4) is 0 Å². The Hall–Kier alpha value is -2.83. The van der Waals surface area contributed by atoms with Crippen molar-refractivity contribution in [2.45, 2.75) is 26.7 Å². The van der Waals surface area contributed by atoms with Crippen LogP contribution in [0.5, 0.6) is 0 Å². The molecule has 1 N–H and O–H groups in total. The Balaban J connectivity index is 1.68. The predicted molar refractivity (Wildman–Crippen MR) is 107 cm³/mol. The molecule has 0 unspecified atom stereocenters. The molecule has 7 heteroatoms. The molecule has 2 heterocycles. The van der Waals surface area contributed by atoms with Gasteiger partial charge in [0, 0.05) is 38.1 Å². The Kier molecular flexibility index (Phi) is 6.11. The standard InChI is InChI=1S/C20H27N5O2/c1-4-27-20(26)25-13-11-24(12-14-25)18-9-10-21-19(23-18)22-17-8-6-5-7-16(17)15(2)3/h5-10,15H,4,11-14H2,1-3H3,(H,21,22,23). The number of nitrogens with one attached hydrogen (secondary N) is 1. The molecule has 1 saturated heterocycles. The van der Waals surface area contributed by atoms with Gasteiger partial charge in [-0.15, -0.1) is 0 Å². The van der Waals surface area contributed by atoms with Gasteiger partial charge in [0.15, 0.2) is 0 Å². The second kappa shape index (κ2) is 8.70. The summed E-state index contributed by atoms with van der Waals surface area (Å²) in [6.45, 7) is 9.25. The van der Waals surface area contributed by atoms with Crippen molar-refractivity contribution in [3.8, 4) is 0 Å². The number of para-hydroxylation sites is 1. The number of hydrogen-bond donors (Lipinski definition) is 1. The summed E-state index contributed by atoms with van der Waals surface area (Å²) in [6.07, 6.45) is 1.52. The zero-order valence-electron chi connectivity index (χ0n) is 16.2. The van der Waals surface area contributed by atoms with Gasteiger partial charge in [0.2, 0.25) is 5.95 Å². The number of hydrogen-bond acceptors (Lipinski definition) is 6. The maximum absolute atomic E-state index is 11.8. The molecular formula is C20H27N5O2. The number of rotatable bonds is 5. The van der Waals surface area contributed by atoms with Crippen LogP contribution in [-0.2, 0) is 4.74 Å². The summed E-state index contributed by atoms with van der Waals surface area (Å²) in [5.41, 5.74) is 2.26. The molecule has 7 nitrogen and oxygen atoms in total. The molecular weight excluding hydrogens is 342 g/mol. The Morgan fingerprint density at radius 2 is 1.93 bits per heavy atom. The first-order valence-electron chi connectivity index (χ1n) is 9.44. The lowest BCUT2D eigenvalue weighted by Gasteiger charge is -2.34. The van der Waals surface area contributed by atoms with Gasteiger partial charge in [-0.25, -0.2) is 9.78 Å². The minimum Gasteiger partial charge on any atom is -0.450 e. The van der Waals surface area contributed by atoms with Crippen LogP contribution in [-0.4, -0.2) is 53.7 Å². The average Bonchev–Trinajstić information content (AvgIpc) is 2.69. The first-order chi connectivity index (χ1) is 13.1. The third kappa shape index (κ3) is 4.67. The molecule has 144 valence electrons.